The van der Waals surface area contributed by atoms with Gasteiger partial charge in [-0.15, -0.1) is 0 Å². The maximum atomic E-state index is 12.7. The van der Waals surface area contributed by atoms with E-state index >= 15 is 0 Å². The number of hydrogen-bond donors (Lipinski definition) is 2. The van der Waals surface area contributed by atoms with Crippen molar-refractivity contribution < 1.29 is 19.1 Å². The summed E-state index contributed by atoms with van der Waals surface area (Å²) in [6, 6.07) is 22.3. The Bertz CT molecular complexity index is 1190. The quantitative estimate of drug-likeness (QED) is 0.444. The van der Waals surface area contributed by atoms with Crippen molar-refractivity contribution in [2.24, 2.45) is 0 Å². The summed E-state index contributed by atoms with van der Waals surface area (Å²) in [6.07, 6.45) is 1.49. The van der Waals surface area contributed by atoms with Crippen molar-refractivity contribution in [3.05, 3.63) is 95.0 Å². The maximum absolute atomic E-state index is 12.7. The van der Waals surface area contributed by atoms with Crippen LogP contribution in [0.15, 0.2) is 84.4 Å². The van der Waals surface area contributed by atoms with E-state index < -0.39 is 11.8 Å². The van der Waals surface area contributed by atoms with Crippen LogP contribution >= 0.6 is 11.6 Å². The van der Waals surface area contributed by atoms with E-state index in [4.69, 9.17) is 16.3 Å². The third-order valence-electron chi connectivity index (χ3n) is 4.57. The van der Waals surface area contributed by atoms with Crippen LogP contribution in [-0.4, -0.2) is 24.3 Å². The summed E-state index contributed by atoms with van der Waals surface area (Å²) in [4.78, 5) is 37.1. The molecular formula is C24H18ClN3O4. The average molecular weight is 448 g/mol. The first-order valence-corrected chi connectivity index (χ1v) is 10.1. The molecule has 1 aliphatic heterocycles. The van der Waals surface area contributed by atoms with Gasteiger partial charge < -0.3 is 10.1 Å². The molecule has 1 saturated heterocycles. The number of nitrogens with one attached hydrogen (secondary N) is 2. The molecule has 0 saturated carbocycles. The fraction of sp³-hybridized carbons (Fsp3) is 0.0417. The highest BCUT2D eigenvalue weighted by Crippen LogP contribution is 2.22. The van der Waals surface area contributed by atoms with Crippen LogP contribution in [0.3, 0.4) is 0 Å². The lowest BCUT2D eigenvalue weighted by atomic mass is 10.1. The Balaban J connectivity index is 1.42. The van der Waals surface area contributed by atoms with Crippen LogP contribution in [-0.2, 0) is 14.4 Å². The Kier molecular flexibility index (Phi) is 6.19. The van der Waals surface area contributed by atoms with Gasteiger partial charge in [-0.05, 0) is 60.2 Å². The van der Waals surface area contributed by atoms with Gasteiger partial charge in [0.2, 0.25) is 0 Å². The highest BCUT2D eigenvalue weighted by molar-refractivity contribution is 6.31. The molecule has 3 aromatic carbocycles. The second-order valence-corrected chi connectivity index (χ2v) is 7.33. The minimum atomic E-state index is -0.493. The zero-order chi connectivity index (χ0) is 22.5. The van der Waals surface area contributed by atoms with Crippen molar-refractivity contribution >= 4 is 46.8 Å². The molecule has 0 atom stereocenters. The van der Waals surface area contributed by atoms with Crippen molar-refractivity contribution in [1.82, 2.24) is 5.43 Å². The minimum Gasteiger partial charge on any atom is -0.484 e. The molecule has 3 amide bonds. The monoisotopic (exact) mass is 447 g/mol. The topological polar surface area (TPSA) is 87.7 Å². The fourth-order valence-corrected chi connectivity index (χ4v) is 3.18. The van der Waals surface area contributed by atoms with Gasteiger partial charge in [0, 0.05) is 10.7 Å². The smallest absolute Gasteiger partial charge is 0.282 e. The van der Waals surface area contributed by atoms with Crippen molar-refractivity contribution in [2.75, 3.05) is 16.9 Å². The van der Waals surface area contributed by atoms with E-state index in [2.05, 4.69) is 10.7 Å². The summed E-state index contributed by atoms with van der Waals surface area (Å²) in [5.41, 5.74) is 4.33. The number of halogens is 1. The second-order valence-electron chi connectivity index (χ2n) is 6.89. The van der Waals surface area contributed by atoms with Crippen LogP contribution in [0.1, 0.15) is 5.56 Å². The Labute approximate surface area is 189 Å². The van der Waals surface area contributed by atoms with E-state index in [1.54, 1.807) is 72.8 Å². The van der Waals surface area contributed by atoms with Gasteiger partial charge in [0.15, 0.2) is 6.61 Å². The lowest BCUT2D eigenvalue weighted by molar-refractivity contribution is -0.118. The van der Waals surface area contributed by atoms with Gasteiger partial charge in [0.25, 0.3) is 17.7 Å². The van der Waals surface area contributed by atoms with Gasteiger partial charge in [-0.2, -0.15) is 0 Å². The van der Waals surface area contributed by atoms with Crippen LogP contribution in [0, 0.1) is 0 Å². The van der Waals surface area contributed by atoms with E-state index in [1.807, 2.05) is 6.07 Å². The molecule has 1 heterocycles. The number of amides is 3. The van der Waals surface area contributed by atoms with Crippen molar-refractivity contribution in [1.29, 1.82) is 0 Å². The van der Waals surface area contributed by atoms with Crippen molar-refractivity contribution in [3.8, 4) is 5.75 Å². The van der Waals surface area contributed by atoms with Crippen LogP contribution < -0.4 is 20.5 Å². The number of anilines is 2. The van der Waals surface area contributed by atoms with Gasteiger partial charge >= 0.3 is 0 Å². The molecule has 7 nitrogen and oxygen atoms in total. The lowest BCUT2D eigenvalue weighted by Gasteiger charge is -2.13. The average Bonchev–Trinajstić information content (AvgIpc) is 3.08. The summed E-state index contributed by atoms with van der Waals surface area (Å²) in [5, 5.41) is 4.49. The predicted octanol–water partition coefficient (Wildman–Crippen LogP) is 3.82. The van der Waals surface area contributed by atoms with Crippen molar-refractivity contribution in [2.45, 2.75) is 0 Å². The van der Waals surface area contributed by atoms with E-state index in [9.17, 15) is 14.4 Å². The Morgan fingerprint density at radius 3 is 2.50 bits per heavy atom. The summed E-state index contributed by atoms with van der Waals surface area (Å²) in [5.74, 6) is -0.848. The standard InChI is InChI=1S/C24H18ClN3O4/c25-17-9-11-18(12-10-17)26-22(29)15-32-20-8-4-5-16(13-20)14-21-23(30)27-28(24(21)31)19-6-2-1-3-7-19/h1-14H,15H2,(H,26,29)(H,27,30). The first kappa shape index (κ1) is 21.1. The highest BCUT2D eigenvalue weighted by Gasteiger charge is 2.34. The van der Waals surface area contributed by atoms with Gasteiger partial charge in [0.1, 0.15) is 11.3 Å². The molecule has 0 unspecified atom stereocenters. The number of hydrazine groups is 1. The Morgan fingerprint density at radius 2 is 1.75 bits per heavy atom. The summed E-state index contributed by atoms with van der Waals surface area (Å²) in [7, 11) is 0. The molecule has 32 heavy (non-hydrogen) atoms. The molecule has 4 rings (SSSR count). The predicted molar refractivity (Wildman–Crippen MR) is 122 cm³/mol. The number of benzene rings is 3. The maximum Gasteiger partial charge on any atom is 0.282 e. The van der Waals surface area contributed by atoms with E-state index in [0.717, 1.165) is 0 Å². The third-order valence-corrected chi connectivity index (χ3v) is 4.82. The molecule has 0 aromatic heterocycles. The van der Waals surface area contributed by atoms with Crippen LogP contribution in [0.5, 0.6) is 5.75 Å². The molecule has 160 valence electrons. The number of nitrogens with zero attached hydrogens (tertiary/aromatic N) is 1. The third kappa shape index (κ3) is 4.96. The SMILES string of the molecule is O=C(COc1cccc(C=C2C(=O)NN(c3ccccc3)C2=O)c1)Nc1ccc(Cl)cc1. The molecular weight excluding hydrogens is 430 g/mol. The lowest BCUT2D eigenvalue weighted by Crippen LogP contribution is -2.35. The highest BCUT2D eigenvalue weighted by atomic mass is 35.5. The van der Waals surface area contributed by atoms with Gasteiger partial charge in [-0.1, -0.05) is 41.9 Å². The molecule has 3 aromatic rings. The minimum absolute atomic E-state index is 0.00600. The first-order valence-electron chi connectivity index (χ1n) is 9.70. The van der Waals surface area contributed by atoms with E-state index in [0.29, 0.717) is 27.7 Å². The van der Waals surface area contributed by atoms with Crippen LogP contribution in [0.2, 0.25) is 5.02 Å². The Morgan fingerprint density at radius 1 is 1.00 bits per heavy atom. The molecule has 2 N–H and O–H groups in total. The molecule has 0 bridgehead atoms. The van der Waals surface area contributed by atoms with Crippen LogP contribution in [0.4, 0.5) is 11.4 Å². The van der Waals surface area contributed by atoms with Gasteiger partial charge in [-0.3, -0.25) is 19.8 Å². The van der Waals surface area contributed by atoms with Gasteiger partial charge in [0.05, 0.1) is 5.69 Å². The summed E-state index contributed by atoms with van der Waals surface area (Å²) in [6.45, 7) is -0.205. The largest absolute Gasteiger partial charge is 0.484 e. The fourth-order valence-electron chi connectivity index (χ4n) is 3.06. The van der Waals surface area contributed by atoms with Crippen LogP contribution in [0.25, 0.3) is 6.08 Å². The first-order chi connectivity index (χ1) is 15.5. The molecule has 0 radical (unpaired) electrons. The molecule has 0 spiro atoms. The number of para-hydroxylation sites is 1. The molecule has 1 aliphatic rings. The van der Waals surface area contributed by atoms with Crippen molar-refractivity contribution in [3.63, 3.8) is 0 Å². The molecule has 8 heteroatoms. The number of carbonyl (C=O) groups excluding carboxylic acids is 3. The molecule has 0 aliphatic carbocycles. The zero-order valence-corrected chi connectivity index (χ0v) is 17.5. The number of carbonyl (C=O) groups is 3. The van der Waals surface area contributed by atoms with Gasteiger partial charge in [-0.25, -0.2) is 5.01 Å². The van der Waals surface area contributed by atoms with E-state index in [1.165, 1.54) is 11.1 Å². The number of rotatable bonds is 6. The molecule has 1 fully saturated rings. The number of hydrogen-bond acceptors (Lipinski definition) is 4. The van der Waals surface area contributed by atoms with E-state index in [-0.39, 0.29) is 18.1 Å². The normalized spacial score (nSPS) is 14.4. The summed E-state index contributed by atoms with van der Waals surface area (Å²) < 4.78 is 5.55. The second kappa shape index (κ2) is 9.36. The zero-order valence-electron chi connectivity index (χ0n) is 16.7. The summed E-state index contributed by atoms with van der Waals surface area (Å²) >= 11 is 5.83. The number of ether oxygens (including phenoxy) is 1. The Hall–Kier alpha value is -4.10.